The SMILES string of the molecule is CCC(CSC)NC(CC)C(=O)OC. The molecule has 0 spiro atoms. The number of hydrogen-bond acceptors (Lipinski definition) is 4. The Morgan fingerprint density at radius 2 is 2.07 bits per heavy atom. The molecule has 0 bridgehead atoms. The third kappa shape index (κ3) is 4.86. The number of hydrogen-bond donors (Lipinski definition) is 1. The van der Waals surface area contributed by atoms with Gasteiger partial charge in [-0.05, 0) is 19.1 Å². The minimum atomic E-state index is -0.160. The smallest absolute Gasteiger partial charge is 0.322 e. The lowest BCUT2D eigenvalue weighted by Gasteiger charge is -2.21. The highest BCUT2D eigenvalue weighted by Gasteiger charge is 2.19. The van der Waals surface area contributed by atoms with Crippen LogP contribution in [0.1, 0.15) is 26.7 Å². The summed E-state index contributed by atoms with van der Waals surface area (Å²) in [6, 6.07) is 0.242. The molecule has 0 fully saturated rings. The van der Waals surface area contributed by atoms with Gasteiger partial charge >= 0.3 is 5.97 Å². The Bertz CT molecular complexity index is 164. The van der Waals surface area contributed by atoms with Gasteiger partial charge in [0.2, 0.25) is 0 Å². The predicted octanol–water partition coefficient (Wildman–Crippen LogP) is 1.67. The minimum absolute atomic E-state index is 0.155. The van der Waals surface area contributed by atoms with Gasteiger partial charge in [-0.25, -0.2) is 0 Å². The average molecular weight is 219 g/mol. The largest absolute Gasteiger partial charge is 0.468 e. The van der Waals surface area contributed by atoms with Crippen molar-refractivity contribution in [2.45, 2.75) is 38.8 Å². The molecule has 0 aliphatic rings. The molecule has 0 aromatic heterocycles. The van der Waals surface area contributed by atoms with Crippen LogP contribution in [0.25, 0.3) is 0 Å². The van der Waals surface area contributed by atoms with Crippen molar-refractivity contribution in [1.29, 1.82) is 0 Å². The van der Waals surface area contributed by atoms with Crippen molar-refractivity contribution in [3.05, 3.63) is 0 Å². The van der Waals surface area contributed by atoms with E-state index in [0.717, 1.165) is 18.6 Å². The van der Waals surface area contributed by atoms with Crippen LogP contribution < -0.4 is 5.32 Å². The van der Waals surface area contributed by atoms with Gasteiger partial charge in [0, 0.05) is 11.8 Å². The van der Waals surface area contributed by atoms with Gasteiger partial charge in [0.15, 0.2) is 0 Å². The third-order valence-corrected chi connectivity index (χ3v) is 2.93. The number of esters is 1. The molecule has 0 aliphatic heterocycles. The summed E-state index contributed by atoms with van der Waals surface area (Å²) in [5, 5.41) is 3.31. The van der Waals surface area contributed by atoms with Crippen molar-refractivity contribution < 1.29 is 9.53 Å². The van der Waals surface area contributed by atoms with E-state index in [9.17, 15) is 4.79 Å². The van der Waals surface area contributed by atoms with E-state index in [-0.39, 0.29) is 12.0 Å². The van der Waals surface area contributed by atoms with E-state index in [1.807, 2.05) is 6.92 Å². The average Bonchev–Trinajstić information content (AvgIpc) is 2.23. The molecule has 1 N–H and O–H groups in total. The first-order valence-corrected chi connectivity index (χ1v) is 6.41. The fourth-order valence-electron chi connectivity index (χ4n) is 1.26. The van der Waals surface area contributed by atoms with Crippen LogP contribution in [0.15, 0.2) is 0 Å². The van der Waals surface area contributed by atoms with Crippen LogP contribution in [0.2, 0.25) is 0 Å². The number of nitrogens with one attached hydrogen (secondary N) is 1. The Hall–Kier alpha value is -0.220. The van der Waals surface area contributed by atoms with E-state index < -0.39 is 0 Å². The number of rotatable bonds is 7. The number of methoxy groups -OCH3 is 1. The van der Waals surface area contributed by atoms with Gasteiger partial charge in [0.1, 0.15) is 6.04 Å². The Kier molecular flexibility index (Phi) is 7.99. The molecule has 84 valence electrons. The Balaban J connectivity index is 4.06. The molecule has 2 unspecified atom stereocenters. The maximum absolute atomic E-state index is 11.3. The van der Waals surface area contributed by atoms with Crippen molar-refractivity contribution in [3.8, 4) is 0 Å². The molecule has 0 aromatic rings. The zero-order chi connectivity index (χ0) is 11.0. The molecule has 0 heterocycles. The molecule has 14 heavy (non-hydrogen) atoms. The highest BCUT2D eigenvalue weighted by atomic mass is 32.2. The molecule has 3 nitrogen and oxygen atoms in total. The summed E-state index contributed by atoms with van der Waals surface area (Å²) in [7, 11) is 1.43. The molecule has 2 atom stereocenters. The second-order valence-corrected chi connectivity index (χ2v) is 4.12. The van der Waals surface area contributed by atoms with Gasteiger partial charge < -0.3 is 10.1 Å². The normalized spacial score (nSPS) is 14.9. The summed E-state index contributed by atoms with van der Waals surface area (Å²) in [4.78, 5) is 11.3. The topological polar surface area (TPSA) is 38.3 Å². The zero-order valence-electron chi connectivity index (χ0n) is 9.50. The van der Waals surface area contributed by atoms with Crippen LogP contribution in [-0.4, -0.2) is 37.2 Å². The number of carbonyl (C=O) groups excluding carboxylic acids is 1. The van der Waals surface area contributed by atoms with Crippen LogP contribution in [0.5, 0.6) is 0 Å². The van der Waals surface area contributed by atoms with Gasteiger partial charge in [-0.2, -0.15) is 11.8 Å². The van der Waals surface area contributed by atoms with Crippen LogP contribution in [0, 0.1) is 0 Å². The van der Waals surface area contributed by atoms with Crippen LogP contribution in [0.3, 0.4) is 0 Å². The monoisotopic (exact) mass is 219 g/mol. The lowest BCUT2D eigenvalue weighted by atomic mass is 10.1. The molecule has 4 heteroatoms. The van der Waals surface area contributed by atoms with Crippen molar-refractivity contribution >= 4 is 17.7 Å². The van der Waals surface area contributed by atoms with Crippen LogP contribution in [-0.2, 0) is 9.53 Å². The van der Waals surface area contributed by atoms with Crippen LogP contribution in [0.4, 0.5) is 0 Å². The van der Waals surface area contributed by atoms with Gasteiger partial charge in [-0.15, -0.1) is 0 Å². The molecule has 0 amide bonds. The third-order valence-electron chi connectivity index (χ3n) is 2.19. The van der Waals surface area contributed by atoms with E-state index in [1.54, 1.807) is 11.8 Å². The number of ether oxygens (including phenoxy) is 1. The zero-order valence-corrected chi connectivity index (χ0v) is 10.3. The van der Waals surface area contributed by atoms with Crippen molar-refractivity contribution in [1.82, 2.24) is 5.32 Å². The Labute approximate surface area is 91.0 Å². The van der Waals surface area contributed by atoms with E-state index in [1.165, 1.54) is 7.11 Å². The molecule has 0 radical (unpaired) electrons. The molecule has 0 saturated heterocycles. The first kappa shape index (κ1) is 13.8. The van der Waals surface area contributed by atoms with E-state index in [4.69, 9.17) is 4.74 Å². The molecular formula is C10H21NO2S. The first-order valence-electron chi connectivity index (χ1n) is 5.02. The molecule has 0 saturated carbocycles. The lowest BCUT2D eigenvalue weighted by molar-refractivity contribution is -0.143. The van der Waals surface area contributed by atoms with E-state index in [2.05, 4.69) is 18.5 Å². The highest BCUT2D eigenvalue weighted by molar-refractivity contribution is 7.98. The van der Waals surface area contributed by atoms with Crippen molar-refractivity contribution in [2.24, 2.45) is 0 Å². The van der Waals surface area contributed by atoms with E-state index >= 15 is 0 Å². The van der Waals surface area contributed by atoms with Crippen molar-refractivity contribution in [2.75, 3.05) is 19.1 Å². The number of carbonyl (C=O) groups is 1. The Morgan fingerprint density at radius 1 is 1.43 bits per heavy atom. The van der Waals surface area contributed by atoms with Gasteiger partial charge in [0.05, 0.1) is 7.11 Å². The first-order chi connectivity index (χ1) is 6.69. The summed E-state index contributed by atoms with van der Waals surface area (Å²) >= 11 is 1.79. The molecule has 0 aromatic carbocycles. The quantitative estimate of drug-likeness (QED) is 0.661. The second kappa shape index (κ2) is 8.12. The van der Waals surface area contributed by atoms with Crippen LogP contribution >= 0.6 is 11.8 Å². The molecule has 0 aliphatic carbocycles. The van der Waals surface area contributed by atoms with Gasteiger partial charge in [-0.1, -0.05) is 13.8 Å². The van der Waals surface area contributed by atoms with Gasteiger partial charge in [-0.3, -0.25) is 4.79 Å². The van der Waals surface area contributed by atoms with Crippen molar-refractivity contribution in [3.63, 3.8) is 0 Å². The summed E-state index contributed by atoms with van der Waals surface area (Å²) < 4.78 is 4.72. The maximum atomic E-state index is 11.3. The summed E-state index contributed by atoms with van der Waals surface area (Å²) in [6.07, 6.45) is 3.88. The van der Waals surface area contributed by atoms with E-state index in [0.29, 0.717) is 6.04 Å². The fraction of sp³-hybridized carbons (Fsp3) is 0.900. The summed E-state index contributed by atoms with van der Waals surface area (Å²) in [5.74, 6) is 0.872. The second-order valence-electron chi connectivity index (χ2n) is 3.21. The Morgan fingerprint density at radius 3 is 2.43 bits per heavy atom. The number of thioether (sulfide) groups is 1. The summed E-state index contributed by atoms with van der Waals surface area (Å²) in [5.41, 5.74) is 0. The molecular weight excluding hydrogens is 198 g/mol. The molecule has 0 rings (SSSR count). The van der Waals surface area contributed by atoms with Gasteiger partial charge in [0.25, 0.3) is 0 Å². The highest BCUT2D eigenvalue weighted by Crippen LogP contribution is 2.04. The standard InChI is InChI=1S/C10H21NO2S/c1-5-8(7-14-4)11-9(6-2)10(12)13-3/h8-9,11H,5-7H2,1-4H3. The fourth-order valence-corrected chi connectivity index (χ4v) is 2.00. The maximum Gasteiger partial charge on any atom is 0.322 e. The lowest BCUT2D eigenvalue weighted by Crippen LogP contribution is -2.44. The predicted molar refractivity (Wildman–Crippen MR) is 61.7 cm³/mol. The minimum Gasteiger partial charge on any atom is -0.468 e. The summed E-state index contributed by atoms with van der Waals surface area (Å²) in [6.45, 7) is 4.11.